The van der Waals surface area contributed by atoms with Crippen molar-refractivity contribution in [1.82, 2.24) is 4.90 Å². The summed E-state index contributed by atoms with van der Waals surface area (Å²) in [6, 6.07) is 7.21. The van der Waals surface area contributed by atoms with Gasteiger partial charge in [0.1, 0.15) is 5.75 Å². The van der Waals surface area contributed by atoms with Gasteiger partial charge >= 0.3 is 6.18 Å². The molecule has 8 heteroatoms. The molecule has 4 nitrogen and oxygen atoms in total. The van der Waals surface area contributed by atoms with Gasteiger partial charge in [0.15, 0.2) is 0 Å². The van der Waals surface area contributed by atoms with Gasteiger partial charge in [0.2, 0.25) is 0 Å². The number of carbonyl (C=O) groups excluding carboxylic acids is 2. The van der Waals surface area contributed by atoms with Gasteiger partial charge in [-0.25, -0.2) is 0 Å². The van der Waals surface area contributed by atoms with Crippen molar-refractivity contribution in [2.24, 2.45) is 0 Å². The average Bonchev–Trinajstić information content (AvgIpc) is 2.83. The summed E-state index contributed by atoms with van der Waals surface area (Å²) in [5.41, 5.74) is -1.07. The lowest BCUT2D eigenvalue weighted by Crippen LogP contribution is -2.29. The molecule has 138 valence electrons. The number of fused-ring (bicyclic) bond motifs is 1. The minimum atomic E-state index is -4.65. The van der Waals surface area contributed by atoms with Crippen molar-refractivity contribution in [2.45, 2.75) is 26.6 Å². The number of rotatable bonds is 2. The van der Waals surface area contributed by atoms with E-state index in [1.54, 1.807) is 0 Å². The maximum Gasteiger partial charge on any atom is 0.417 e. The van der Waals surface area contributed by atoms with E-state index in [4.69, 9.17) is 11.6 Å². The molecular weight excluding hydrogens is 371 g/mol. The van der Waals surface area contributed by atoms with Gasteiger partial charge in [-0.05, 0) is 29.8 Å². The molecule has 1 aliphatic rings. The van der Waals surface area contributed by atoms with Gasteiger partial charge in [-0.3, -0.25) is 14.5 Å². The lowest BCUT2D eigenvalue weighted by atomic mass is 10.1. The highest BCUT2D eigenvalue weighted by Crippen LogP contribution is 2.36. The Labute approximate surface area is 152 Å². The zero-order valence-electron chi connectivity index (χ0n) is 13.9. The van der Waals surface area contributed by atoms with Crippen LogP contribution < -0.4 is 0 Å². The van der Waals surface area contributed by atoms with Gasteiger partial charge < -0.3 is 5.11 Å². The molecule has 2 amide bonds. The molecule has 0 spiro atoms. The summed E-state index contributed by atoms with van der Waals surface area (Å²) in [6.07, 6.45) is -4.65. The van der Waals surface area contributed by atoms with E-state index in [1.165, 1.54) is 24.3 Å². The van der Waals surface area contributed by atoms with Crippen molar-refractivity contribution >= 4 is 23.4 Å². The molecule has 2 aromatic carbocycles. The average molecular weight is 386 g/mol. The van der Waals surface area contributed by atoms with Crippen LogP contribution in [0.2, 0.25) is 5.02 Å². The first-order valence-corrected chi connectivity index (χ1v) is 8.11. The number of halogens is 4. The summed E-state index contributed by atoms with van der Waals surface area (Å²) in [7, 11) is 0. The summed E-state index contributed by atoms with van der Waals surface area (Å²) in [4.78, 5) is 25.3. The summed E-state index contributed by atoms with van der Waals surface area (Å²) < 4.78 is 38.7. The number of phenolic OH excluding ortho intramolecular Hbond substituents is 1. The number of imide groups is 1. The third-order valence-electron chi connectivity index (χ3n) is 3.65. The number of carbonyl (C=O) groups is 2. The van der Waals surface area contributed by atoms with Crippen LogP contribution in [0.4, 0.5) is 13.2 Å². The lowest BCUT2D eigenvalue weighted by Gasteiger charge is -2.16. The van der Waals surface area contributed by atoms with E-state index < -0.39 is 28.6 Å². The molecule has 0 unspecified atom stereocenters. The molecule has 0 aromatic heterocycles. The number of aromatic hydroxyl groups is 1. The molecule has 1 heterocycles. The maximum absolute atomic E-state index is 12.9. The highest BCUT2D eigenvalue weighted by atomic mass is 35.5. The monoisotopic (exact) mass is 385 g/mol. The van der Waals surface area contributed by atoms with Gasteiger partial charge in [0.25, 0.3) is 11.8 Å². The van der Waals surface area contributed by atoms with Crippen LogP contribution in [0.3, 0.4) is 0 Å². The number of alkyl halides is 3. The number of amides is 2. The summed E-state index contributed by atoms with van der Waals surface area (Å²) in [6.45, 7) is 3.64. The maximum atomic E-state index is 12.9. The van der Waals surface area contributed by atoms with Crippen molar-refractivity contribution in [1.29, 1.82) is 0 Å². The predicted octanol–water partition coefficient (Wildman–Crippen LogP) is 4.89. The van der Waals surface area contributed by atoms with Crippen LogP contribution in [-0.4, -0.2) is 21.8 Å². The van der Waals surface area contributed by atoms with Crippen molar-refractivity contribution < 1.29 is 27.9 Å². The molecule has 0 aliphatic carbocycles. The zero-order valence-corrected chi connectivity index (χ0v) is 14.6. The Kier molecular flexibility index (Phi) is 5.61. The number of hydrogen-bond acceptors (Lipinski definition) is 3. The Hall–Kier alpha value is -2.54. The Balaban J connectivity index is 0.00000117. The fraction of sp³-hybridized carbons (Fsp3) is 0.222. The third-order valence-corrected chi connectivity index (χ3v) is 3.98. The van der Waals surface area contributed by atoms with Gasteiger partial charge in [-0.15, -0.1) is 0 Å². The molecule has 1 N–H and O–H groups in total. The van der Waals surface area contributed by atoms with E-state index in [0.717, 1.165) is 17.0 Å². The topological polar surface area (TPSA) is 57.6 Å². The predicted molar refractivity (Wildman–Crippen MR) is 90.1 cm³/mol. The largest absolute Gasteiger partial charge is 0.507 e. The molecule has 26 heavy (non-hydrogen) atoms. The Bertz CT molecular complexity index is 865. The zero-order chi connectivity index (χ0) is 19.6. The van der Waals surface area contributed by atoms with Crippen LogP contribution in [-0.2, 0) is 12.7 Å². The molecule has 0 radical (unpaired) electrons. The molecule has 1 aliphatic heterocycles. The van der Waals surface area contributed by atoms with Gasteiger partial charge in [-0.2, -0.15) is 13.2 Å². The number of benzene rings is 2. The van der Waals surface area contributed by atoms with Crippen molar-refractivity contribution in [2.75, 3.05) is 0 Å². The Morgan fingerprint density at radius 2 is 1.73 bits per heavy atom. The van der Waals surface area contributed by atoms with Crippen LogP contribution in [0.15, 0.2) is 36.4 Å². The first kappa shape index (κ1) is 19.8. The number of phenols is 1. The van der Waals surface area contributed by atoms with E-state index in [9.17, 15) is 27.9 Å². The Morgan fingerprint density at radius 1 is 1.08 bits per heavy atom. The second kappa shape index (κ2) is 7.37. The first-order valence-electron chi connectivity index (χ1n) is 7.74. The third kappa shape index (κ3) is 3.53. The first-order chi connectivity index (χ1) is 12.2. The van der Waals surface area contributed by atoms with Crippen LogP contribution in [0.25, 0.3) is 0 Å². The van der Waals surface area contributed by atoms with E-state index >= 15 is 0 Å². The van der Waals surface area contributed by atoms with E-state index in [-0.39, 0.29) is 29.0 Å². The molecule has 0 saturated heterocycles. The van der Waals surface area contributed by atoms with Crippen LogP contribution in [0.5, 0.6) is 5.75 Å². The normalized spacial score (nSPS) is 13.4. The van der Waals surface area contributed by atoms with Gasteiger partial charge in [0, 0.05) is 0 Å². The Morgan fingerprint density at radius 3 is 2.31 bits per heavy atom. The van der Waals surface area contributed by atoms with Crippen LogP contribution >= 0.6 is 11.6 Å². The number of nitrogens with zero attached hydrogens (tertiary/aromatic N) is 1. The second-order valence-corrected chi connectivity index (χ2v) is 5.62. The van der Waals surface area contributed by atoms with Crippen molar-refractivity contribution in [3.63, 3.8) is 0 Å². The lowest BCUT2D eigenvalue weighted by molar-refractivity contribution is -0.137. The highest BCUT2D eigenvalue weighted by molar-refractivity contribution is 6.31. The smallest absolute Gasteiger partial charge is 0.417 e. The van der Waals surface area contributed by atoms with Gasteiger partial charge in [0.05, 0.1) is 28.3 Å². The number of hydrogen-bond donors (Lipinski definition) is 1. The minimum absolute atomic E-state index is 0.0185. The van der Waals surface area contributed by atoms with Crippen molar-refractivity contribution in [3.05, 3.63) is 63.7 Å². The fourth-order valence-corrected chi connectivity index (χ4v) is 2.75. The molecule has 0 bridgehead atoms. The summed E-state index contributed by atoms with van der Waals surface area (Å²) >= 11 is 5.55. The second-order valence-electron chi connectivity index (χ2n) is 5.21. The molecule has 0 atom stereocenters. The standard InChI is InChI=1S/C16H9ClF3NO3.C2H6/c17-11-5-4-8(6-10(11)16(18,19)20)7-21-14(23)9-2-1-3-12(22)13(9)15(21)24;1-2/h1-6,22H,7H2;1-2H3. The van der Waals surface area contributed by atoms with E-state index in [2.05, 4.69) is 0 Å². The molecule has 0 saturated carbocycles. The summed E-state index contributed by atoms with van der Waals surface area (Å²) in [5.74, 6) is -1.77. The molecule has 3 rings (SSSR count). The quantitative estimate of drug-likeness (QED) is 0.749. The minimum Gasteiger partial charge on any atom is -0.507 e. The molecule has 0 fully saturated rings. The van der Waals surface area contributed by atoms with E-state index in [1.807, 2.05) is 13.8 Å². The summed E-state index contributed by atoms with van der Waals surface area (Å²) in [5, 5.41) is 9.26. The van der Waals surface area contributed by atoms with Crippen LogP contribution in [0, 0.1) is 0 Å². The fourth-order valence-electron chi connectivity index (χ4n) is 2.53. The SMILES string of the molecule is CC.O=C1c2cccc(O)c2C(=O)N1Cc1ccc(Cl)c(C(F)(F)F)c1. The molecule has 2 aromatic rings. The highest BCUT2D eigenvalue weighted by Gasteiger charge is 2.38. The van der Waals surface area contributed by atoms with Crippen LogP contribution in [0.1, 0.15) is 45.7 Å². The molecular formula is C18H15ClF3NO3. The van der Waals surface area contributed by atoms with E-state index in [0.29, 0.717) is 0 Å². The van der Waals surface area contributed by atoms with Gasteiger partial charge in [-0.1, -0.05) is 37.6 Å². The van der Waals surface area contributed by atoms with Crippen molar-refractivity contribution in [3.8, 4) is 5.75 Å².